The van der Waals surface area contributed by atoms with E-state index in [9.17, 15) is 4.79 Å². The maximum absolute atomic E-state index is 11.0. The van der Waals surface area contributed by atoms with Gasteiger partial charge in [-0.1, -0.05) is 0 Å². The summed E-state index contributed by atoms with van der Waals surface area (Å²) in [4.78, 5) is 11.0. The zero-order valence-electron chi connectivity index (χ0n) is 6.75. The van der Waals surface area contributed by atoms with Gasteiger partial charge in [0, 0.05) is 6.61 Å². The predicted molar refractivity (Wildman–Crippen MR) is 39.9 cm³/mol. The number of aliphatic hydroxyl groups excluding tert-OH is 1. The summed E-state index contributed by atoms with van der Waals surface area (Å²) in [5, 5.41) is 8.55. The molecule has 64 valence electrons. The van der Waals surface area contributed by atoms with Gasteiger partial charge in [0.1, 0.15) is 0 Å². The molecule has 0 spiro atoms. The van der Waals surface area contributed by atoms with Crippen molar-refractivity contribution < 1.29 is 14.6 Å². The summed E-state index contributed by atoms with van der Waals surface area (Å²) < 4.78 is 4.82. The van der Waals surface area contributed by atoms with Crippen LogP contribution in [-0.4, -0.2) is 24.3 Å². The lowest BCUT2D eigenvalue weighted by Gasteiger charge is -1.98. The average molecular weight is 158 g/mol. The van der Waals surface area contributed by atoms with Gasteiger partial charge in [-0.05, 0) is 25.7 Å². The van der Waals surface area contributed by atoms with Gasteiger partial charge in [0.05, 0.1) is 12.5 Å². The predicted octanol–water partition coefficient (Wildman–Crippen LogP) is 0.568. The molecule has 0 aromatic carbocycles. The third-order valence-electron chi connectivity index (χ3n) is 2.01. The number of ether oxygens (including phenoxy) is 1. The zero-order chi connectivity index (χ0) is 8.27. The summed E-state index contributed by atoms with van der Waals surface area (Å²) >= 11 is 0. The van der Waals surface area contributed by atoms with Crippen LogP contribution in [0, 0.1) is 11.8 Å². The van der Waals surface area contributed by atoms with Crippen LogP contribution < -0.4 is 0 Å². The number of carbonyl (C=O) groups is 1. The molecular weight excluding hydrogens is 144 g/mol. The lowest BCUT2D eigenvalue weighted by molar-refractivity contribution is -0.145. The van der Waals surface area contributed by atoms with Crippen LogP contribution in [0.25, 0.3) is 0 Å². The molecule has 1 aliphatic rings. The molecule has 0 aromatic heterocycles. The Morgan fingerprint density at radius 2 is 2.45 bits per heavy atom. The van der Waals surface area contributed by atoms with Gasteiger partial charge < -0.3 is 9.84 Å². The Hall–Kier alpha value is -0.570. The summed E-state index contributed by atoms with van der Waals surface area (Å²) in [6, 6.07) is 0. The van der Waals surface area contributed by atoms with Crippen molar-refractivity contribution in [1.29, 1.82) is 0 Å². The maximum atomic E-state index is 11.0. The number of rotatable bonds is 4. The molecule has 0 aromatic rings. The molecule has 0 amide bonds. The quantitative estimate of drug-likeness (QED) is 0.608. The van der Waals surface area contributed by atoms with Crippen LogP contribution in [0.1, 0.15) is 19.8 Å². The normalized spacial score (nSPS) is 28.2. The topological polar surface area (TPSA) is 46.5 Å². The molecule has 1 aliphatic carbocycles. The number of esters is 1. The molecule has 1 saturated carbocycles. The molecule has 0 radical (unpaired) electrons. The first-order chi connectivity index (χ1) is 5.29. The highest BCUT2D eigenvalue weighted by molar-refractivity contribution is 5.75. The minimum atomic E-state index is -0.0917. The summed E-state index contributed by atoms with van der Waals surface area (Å²) in [6.45, 7) is 2.45. The SMILES string of the molecule is CCOC(=O)[C@@H]1C[C@H]1CCO. The smallest absolute Gasteiger partial charge is 0.309 e. The third kappa shape index (κ3) is 2.19. The fourth-order valence-corrected chi connectivity index (χ4v) is 1.27. The van der Waals surface area contributed by atoms with E-state index in [1.807, 2.05) is 0 Å². The van der Waals surface area contributed by atoms with Gasteiger partial charge in [-0.3, -0.25) is 4.79 Å². The first-order valence-electron chi connectivity index (χ1n) is 4.07. The molecule has 0 unspecified atom stereocenters. The second-order valence-electron chi connectivity index (χ2n) is 2.87. The Bertz CT molecular complexity index is 144. The van der Waals surface area contributed by atoms with Gasteiger partial charge in [-0.25, -0.2) is 0 Å². The van der Waals surface area contributed by atoms with Gasteiger partial charge in [0.15, 0.2) is 0 Å². The average Bonchev–Trinajstić information content (AvgIpc) is 2.69. The van der Waals surface area contributed by atoms with E-state index in [4.69, 9.17) is 9.84 Å². The van der Waals surface area contributed by atoms with E-state index in [0.717, 1.165) is 12.8 Å². The molecule has 2 atom stereocenters. The minimum Gasteiger partial charge on any atom is -0.466 e. The van der Waals surface area contributed by atoms with Crippen LogP contribution in [0.15, 0.2) is 0 Å². The molecule has 11 heavy (non-hydrogen) atoms. The van der Waals surface area contributed by atoms with Crippen molar-refractivity contribution in [2.75, 3.05) is 13.2 Å². The summed E-state index contributed by atoms with van der Waals surface area (Å²) in [7, 11) is 0. The highest BCUT2D eigenvalue weighted by Crippen LogP contribution is 2.41. The molecule has 3 heteroatoms. The van der Waals surface area contributed by atoms with Gasteiger partial charge in [-0.15, -0.1) is 0 Å². The Balaban J connectivity index is 2.15. The second-order valence-corrected chi connectivity index (χ2v) is 2.87. The maximum Gasteiger partial charge on any atom is 0.309 e. The molecule has 0 heterocycles. The van der Waals surface area contributed by atoms with Crippen molar-refractivity contribution in [1.82, 2.24) is 0 Å². The van der Waals surface area contributed by atoms with Crippen molar-refractivity contribution in [3.8, 4) is 0 Å². The van der Waals surface area contributed by atoms with Gasteiger partial charge in [-0.2, -0.15) is 0 Å². The van der Waals surface area contributed by atoms with E-state index in [1.54, 1.807) is 6.92 Å². The highest BCUT2D eigenvalue weighted by atomic mass is 16.5. The van der Waals surface area contributed by atoms with E-state index in [1.165, 1.54) is 0 Å². The third-order valence-corrected chi connectivity index (χ3v) is 2.01. The van der Waals surface area contributed by atoms with E-state index in [2.05, 4.69) is 0 Å². The number of carbonyl (C=O) groups excluding carboxylic acids is 1. The summed E-state index contributed by atoms with van der Waals surface area (Å²) in [5.41, 5.74) is 0. The van der Waals surface area contributed by atoms with Crippen LogP contribution >= 0.6 is 0 Å². The van der Waals surface area contributed by atoms with Gasteiger partial charge >= 0.3 is 5.97 Å². The van der Waals surface area contributed by atoms with Crippen molar-refractivity contribution >= 4 is 5.97 Å². The fourth-order valence-electron chi connectivity index (χ4n) is 1.27. The number of hydrogen-bond acceptors (Lipinski definition) is 3. The Kier molecular flexibility index (Phi) is 2.88. The second kappa shape index (κ2) is 3.72. The van der Waals surface area contributed by atoms with Crippen LogP contribution in [0.3, 0.4) is 0 Å². The molecule has 1 N–H and O–H groups in total. The monoisotopic (exact) mass is 158 g/mol. The van der Waals surface area contributed by atoms with Crippen molar-refractivity contribution in [2.24, 2.45) is 11.8 Å². The fraction of sp³-hybridized carbons (Fsp3) is 0.875. The molecule has 0 aliphatic heterocycles. The zero-order valence-corrected chi connectivity index (χ0v) is 6.75. The van der Waals surface area contributed by atoms with E-state index >= 15 is 0 Å². The van der Waals surface area contributed by atoms with E-state index in [0.29, 0.717) is 12.5 Å². The summed E-state index contributed by atoms with van der Waals surface area (Å²) in [6.07, 6.45) is 1.64. The van der Waals surface area contributed by atoms with Crippen LogP contribution in [0.4, 0.5) is 0 Å². The number of aliphatic hydroxyl groups is 1. The molecule has 0 bridgehead atoms. The van der Waals surface area contributed by atoms with Crippen molar-refractivity contribution in [3.05, 3.63) is 0 Å². The van der Waals surface area contributed by atoms with Crippen LogP contribution in [-0.2, 0) is 9.53 Å². The van der Waals surface area contributed by atoms with Crippen molar-refractivity contribution in [2.45, 2.75) is 19.8 Å². The van der Waals surface area contributed by atoms with Crippen molar-refractivity contribution in [3.63, 3.8) is 0 Å². The Morgan fingerprint density at radius 1 is 1.73 bits per heavy atom. The van der Waals surface area contributed by atoms with Gasteiger partial charge in [0.2, 0.25) is 0 Å². The lowest BCUT2D eigenvalue weighted by atomic mass is 10.2. The lowest BCUT2D eigenvalue weighted by Crippen LogP contribution is -2.07. The number of hydrogen-bond donors (Lipinski definition) is 1. The first-order valence-corrected chi connectivity index (χ1v) is 4.07. The molecule has 3 nitrogen and oxygen atoms in total. The summed E-state index contributed by atoms with van der Waals surface area (Å²) in [5.74, 6) is 0.382. The standard InChI is InChI=1S/C8H14O3/c1-2-11-8(10)7-5-6(7)3-4-9/h6-7,9H,2-5H2,1H3/t6-,7-/m1/s1. The Morgan fingerprint density at radius 3 is 3.00 bits per heavy atom. The van der Waals surface area contributed by atoms with Crippen LogP contribution in [0.5, 0.6) is 0 Å². The van der Waals surface area contributed by atoms with E-state index < -0.39 is 0 Å². The van der Waals surface area contributed by atoms with E-state index in [-0.39, 0.29) is 18.5 Å². The molecule has 0 saturated heterocycles. The first kappa shape index (κ1) is 8.53. The largest absolute Gasteiger partial charge is 0.466 e. The highest BCUT2D eigenvalue weighted by Gasteiger charge is 2.43. The van der Waals surface area contributed by atoms with Crippen LogP contribution in [0.2, 0.25) is 0 Å². The Labute approximate surface area is 66.4 Å². The molecule has 1 fully saturated rings. The van der Waals surface area contributed by atoms with Gasteiger partial charge in [0.25, 0.3) is 0 Å². The minimum absolute atomic E-state index is 0.0853. The molecular formula is C8H14O3. The molecule has 1 rings (SSSR count).